The molecule has 0 spiro atoms. The molecule has 2 aliphatic carbocycles. The van der Waals surface area contributed by atoms with Crippen LogP contribution in [0.1, 0.15) is 49.1 Å². The summed E-state index contributed by atoms with van der Waals surface area (Å²) in [6.07, 6.45) is 9.11. The van der Waals surface area contributed by atoms with Gasteiger partial charge in [0.05, 0.1) is 5.60 Å². The molecule has 0 aliphatic heterocycles. The zero-order valence-electron chi connectivity index (χ0n) is 9.18. The third kappa shape index (κ3) is 1.96. The van der Waals surface area contributed by atoms with Gasteiger partial charge < -0.3 is 10.1 Å². The molecule has 1 heterocycles. The average Bonchev–Trinajstić information content (AvgIpc) is 2.83. The molecule has 3 rings (SSSR count). The van der Waals surface area contributed by atoms with Crippen LogP contribution in [0.2, 0.25) is 0 Å². The summed E-state index contributed by atoms with van der Waals surface area (Å²) < 4.78 is 0. The molecule has 2 aliphatic rings. The van der Waals surface area contributed by atoms with Crippen molar-refractivity contribution in [3.05, 3.63) is 23.0 Å². The minimum absolute atomic E-state index is 0.300. The van der Waals surface area contributed by atoms with Gasteiger partial charge in [0, 0.05) is 11.4 Å². The number of H-pyrrole nitrogens is 1. The van der Waals surface area contributed by atoms with Gasteiger partial charge in [0.2, 0.25) is 0 Å². The van der Waals surface area contributed by atoms with Crippen molar-refractivity contribution in [2.24, 2.45) is 0 Å². The van der Waals surface area contributed by atoms with Crippen LogP contribution in [0.3, 0.4) is 0 Å². The van der Waals surface area contributed by atoms with E-state index in [1.165, 1.54) is 42.6 Å². The van der Waals surface area contributed by atoms with E-state index in [0.717, 1.165) is 25.7 Å². The minimum atomic E-state index is -0.300. The number of aliphatic hydroxyl groups is 1. The van der Waals surface area contributed by atoms with Gasteiger partial charge in [0.15, 0.2) is 0 Å². The molecule has 82 valence electrons. The van der Waals surface area contributed by atoms with Gasteiger partial charge in [0.1, 0.15) is 0 Å². The van der Waals surface area contributed by atoms with Gasteiger partial charge in [-0.3, -0.25) is 0 Å². The van der Waals surface area contributed by atoms with Crippen molar-refractivity contribution < 1.29 is 5.11 Å². The molecule has 15 heavy (non-hydrogen) atoms. The van der Waals surface area contributed by atoms with Gasteiger partial charge in [-0.15, -0.1) is 0 Å². The van der Waals surface area contributed by atoms with E-state index in [1.54, 1.807) is 0 Å². The number of nitrogens with one attached hydrogen (secondary N) is 1. The maximum Gasteiger partial charge on any atom is 0.0653 e. The lowest BCUT2D eigenvalue weighted by molar-refractivity contribution is 0.140. The van der Waals surface area contributed by atoms with E-state index in [2.05, 4.69) is 11.1 Å². The molecule has 0 unspecified atom stereocenters. The van der Waals surface area contributed by atoms with Gasteiger partial charge >= 0.3 is 0 Å². The Balaban J connectivity index is 1.67. The summed E-state index contributed by atoms with van der Waals surface area (Å²) in [7, 11) is 0. The summed E-state index contributed by atoms with van der Waals surface area (Å²) >= 11 is 0. The van der Waals surface area contributed by atoms with Crippen molar-refractivity contribution in [3.63, 3.8) is 0 Å². The van der Waals surface area contributed by atoms with Gasteiger partial charge in [-0.25, -0.2) is 0 Å². The van der Waals surface area contributed by atoms with Crippen molar-refractivity contribution >= 4 is 0 Å². The number of hydrogen-bond acceptors (Lipinski definition) is 1. The van der Waals surface area contributed by atoms with E-state index in [1.807, 2.05) is 0 Å². The molecule has 0 bridgehead atoms. The van der Waals surface area contributed by atoms with Crippen molar-refractivity contribution in [1.29, 1.82) is 0 Å². The van der Waals surface area contributed by atoms with Gasteiger partial charge in [-0.05, 0) is 63.0 Å². The Morgan fingerprint density at radius 3 is 2.80 bits per heavy atom. The quantitative estimate of drug-likeness (QED) is 0.780. The molecule has 0 saturated heterocycles. The van der Waals surface area contributed by atoms with E-state index in [9.17, 15) is 5.11 Å². The summed E-state index contributed by atoms with van der Waals surface area (Å²) in [5.74, 6) is 0. The Labute approximate surface area is 90.7 Å². The normalized spacial score (nSPS) is 22.5. The van der Waals surface area contributed by atoms with Crippen LogP contribution < -0.4 is 0 Å². The summed E-state index contributed by atoms with van der Waals surface area (Å²) in [5.41, 5.74) is 4.02. The Hall–Kier alpha value is -0.760. The molecular formula is C13H19NO. The topological polar surface area (TPSA) is 36.0 Å². The SMILES string of the molecule is OC1(CCc2cc3c([nH]2)CCCC3)CC1. The molecule has 1 aromatic rings. The Morgan fingerprint density at radius 1 is 1.27 bits per heavy atom. The van der Waals surface area contributed by atoms with Crippen LogP contribution in [-0.4, -0.2) is 15.7 Å². The standard InChI is InChI=1S/C13H19NO/c15-13(7-8-13)6-5-11-9-10-3-1-2-4-12(10)14-11/h9,14-15H,1-8H2. The smallest absolute Gasteiger partial charge is 0.0653 e. The first-order valence-corrected chi connectivity index (χ1v) is 6.17. The fourth-order valence-corrected chi connectivity index (χ4v) is 2.57. The molecule has 2 nitrogen and oxygen atoms in total. The molecule has 0 aromatic carbocycles. The second-order valence-corrected chi connectivity index (χ2v) is 5.23. The van der Waals surface area contributed by atoms with E-state index < -0.39 is 0 Å². The highest BCUT2D eigenvalue weighted by Gasteiger charge is 2.39. The van der Waals surface area contributed by atoms with Crippen LogP contribution in [-0.2, 0) is 19.3 Å². The second kappa shape index (κ2) is 3.38. The number of aromatic nitrogens is 1. The first kappa shape index (κ1) is 9.46. The van der Waals surface area contributed by atoms with Crippen molar-refractivity contribution in [2.75, 3.05) is 0 Å². The van der Waals surface area contributed by atoms with E-state index in [4.69, 9.17) is 0 Å². The van der Waals surface area contributed by atoms with Crippen LogP contribution in [0.15, 0.2) is 6.07 Å². The van der Waals surface area contributed by atoms with Crippen molar-refractivity contribution in [1.82, 2.24) is 4.98 Å². The van der Waals surface area contributed by atoms with E-state index in [0.29, 0.717) is 0 Å². The number of aromatic amines is 1. The molecular weight excluding hydrogens is 186 g/mol. The van der Waals surface area contributed by atoms with Gasteiger partial charge in [-0.2, -0.15) is 0 Å². The van der Waals surface area contributed by atoms with Crippen molar-refractivity contribution in [2.45, 2.75) is 57.0 Å². The van der Waals surface area contributed by atoms with Gasteiger partial charge in [0.25, 0.3) is 0 Å². The first-order valence-electron chi connectivity index (χ1n) is 6.17. The lowest BCUT2D eigenvalue weighted by Crippen LogP contribution is -2.07. The zero-order chi connectivity index (χ0) is 10.3. The lowest BCUT2D eigenvalue weighted by atomic mass is 9.98. The molecule has 0 amide bonds. The van der Waals surface area contributed by atoms with Crippen LogP contribution in [0, 0.1) is 0 Å². The predicted octanol–water partition coefficient (Wildman–Crippen LogP) is 2.35. The monoisotopic (exact) mass is 205 g/mol. The fourth-order valence-electron chi connectivity index (χ4n) is 2.57. The van der Waals surface area contributed by atoms with Crippen LogP contribution in [0.25, 0.3) is 0 Å². The molecule has 1 fully saturated rings. The first-order chi connectivity index (χ1) is 7.25. The highest BCUT2D eigenvalue weighted by Crippen LogP contribution is 2.39. The number of fused-ring (bicyclic) bond motifs is 1. The molecule has 1 saturated carbocycles. The molecule has 0 radical (unpaired) electrons. The minimum Gasteiger partial charge on any atom is -0.390 e. The fraction of sp³-hybridized carbons (Fsp3) is 0.692. The maximum atomic E-state index is 9.78. The largest absolute Gasteiger partial charge is 0.390 e. The number of hydrogen-bond donors (Lipinski definition) is 2. The van der Waals surface area contributed by atoms with Crippen LogP contribution in [0.4, 0.5) is 0 Å². The molecule has 1 aromatic heterocycles. The Bertz CT molecular complexity index is 339. The van der Waals surface area contributed by atoms with E-state index >= 15 is 0 Å². The molecule has 2 N–H and O–H groups in total. The third-order valence-corrected chi connectivity index (χ3v) is 3.86. The summed E-state index contributed by atoms with van der Waals surface area (Å²) in [6.45, 7) is 0. The number of rotatable bonds is 3. The highest BCUT2D eigenvalue weighted by atomic mass is 16.3. The van der Waals surface area contributed by atoms with E-state index in [-0.39, 0.29) is 5.60 Å². The third-order valence-electron chi connectivity index (χ3n) is 3.86. The van der Waals surface area contributed by atoms with Gasteiger partial charge in [-0.1, -0.05) is 0 Å². The predicted molar refractivity (Wildman–Crippen MR) is 59.9 cm³/mol. The maximum absolute atomic E-state index is 9.78. The highest BCUT2D eigenvalue weighted by molar-refractivity contribution is 5.28. The summed E-state index contributed by atoms with van der Waals surface area (Å²) in [5, 5.41) is 9.78. The summed E-state index contributed by atoms with van der Waals surface area (Å²) in [6, 6.07) is 2.32. The van der Waals surface area contributed by atoms with Crippen molar-refractivity contribution in [3.8, 4) is 0 Å². The Morgan fingerprint density at radius 2 is 2.07 bits per heavy atom. The van der Waals surface area contributed by atoms with Crippen LogP contribution >= 0.6 is 0 Å². The second-order valence-electron chi connectivity index (χ2n) is 5.23. The van der Waals surface area contributed by atoms with Crippen LogP contribution in [0.5, 0.6) is 0 Å². The summed E-state index contributed by atoms with van der Waals surface area (Å²) in [4.78, 5) is 3.52. The number of aryl methyl sites for hydroxylation is 3. The molecule has 2 heteroatoms. The average molecular weight is 205 g/mol. The Kier molecular flexibility index (Phi) is 2.13. The molecule has 0 atom stereocenters. The zero-order valence-corrected chi connectivity index (χ0v) is 9.18. The lowest BCUT2D eigenvalue weighted by Gasteiger charge is -2.09.